The number of pyridine rings is 1. The second-order valence-electron chi connectivity index (χ2n) is 2.30. The van der Waals surface area contributed by atoms with E-state index >= 15 is 0 Å². The number of alkyl halides is 1. The van der Waals surface area contributed by atoms with E-state index in [9.17, 15) is 10.1 Å². The van der Waals surface area contributed by atoms with Crippen molar-refractivity contribution in [3.05, 3.63) is 33.6 Å². The van der Waals surface area contributed by atoms with Crippen LogP contribution in [0.15, 0.2) is 12.1 Å². The highest BCUT2D eigenvalue weighted by Crippen LogP contribution is 2.16. The van der Waals surface area contributed by atoms with Crippen molar-refractivity contribution in [1.29, 1.82) is 0 Å². The molecule has 64 valence electrons. The molecule has 0 amide bonds. The number of hydrogen-bond acceptors (Lipinski definition) is 3. The van der Waals surface area contributed by atoms with Crippen LogP contribution in [0.3, 0.4) is 0 Å². The largest absolute Gasteiger partial charge is 0.290 e. The molecule has 1 aromatic rings. The summed E-state index contributed by atoms with van der Waals surface area (Å²) in [5.74, 6) is 0. The smallest absolute Gasteiger partial charge is 0.258 e. The lowest BCUT2D eigenvalue weighted by molar-refractivity contribution is -0.385. The number of aryl methyl sites for hydroxylation is 1. The molecule has 0 spiro atoms. The van der Waals surface area contributed by atoms with Gasteiger partial charge in [0.1, 0.15) is 5.69 Å². The van der Waals surface area contributed by atoms with Gasteiger partial charge in [0.05, 0.1) is 10.6 Å². The van der Waals surface area contributed by atoms with Crippen LogP contribution >= 0.6 is 15.9 Å². The number of aromatic nitrogens is 1. The van der Waals surface area contributed by atoms with Crippen LogP contribution < -0.4 is 0 Å². The van der Waals surface area contributed by atoms with Gasteiger partial charge in [-0.1, -0.05) is 15.9 Å². The fourth-order valence-corrected chi connectivity index (χ4v) is 1.19. The van der Waals surface area contributed by atoms with E-state index in [-0.39, 0.29) is 5.69 Å². The molecule has 0 aliphatic rings. The molecule has 0 N–H and O–H groups in total. The van der Waals surface area contributed by atoms with Crippen molar-refractivity contribution in [2.24, 2.45) is 0 Å². The highest BCUT2D eigenvalue weighted by Gasteiger charge is 2.10. The molecule has 0 saturated carbocycles. The summed E-state index contributed by atoms with van der Waals surface area (Å²) in [6.07, 6.45) is 0. The van der Waals surface area contributed by atoms with Gasteiger partial charge in [0.15, 0.2) is 0 Å². The van der Waals surface area contributed by atoms with Crippen LogP contribution in [-0.4, -0.2) is 9.91 Å². The Hall–Kier alpha value is -0.970. The molecule has 5 heteroatoms. The van der Waals surface area contributed by atoms with E-state index in [2.05, 4.69) is 20.9 Å². The molecular weight excluding hydrogens is 224 g/mol. The van der Waals surface area contributed by atoms with Crippen molar-refractivity contribution in [3.8, 4) is 0 Å². The predicted molar refractivity (Wildman–Crippen MR) is 48.3 cm³/mol. The number of hydrogen-bond donors (Lipinski definition) is 0. The quantitative estimate of drug-likeness (QED) is 0.445. The maximum absolute atomic E-state index is 10.4. The first kappa shape index (κ1) is 9.12. The molecule has 0 aromatic carbocycles. The topological polar surface area (TPSA) is 56.0 Å². The minimum atomic E-state index is -0.430. The zero-order valence-electron chi connectivity index (χ0n) is 6.45. The Balaban J connectivity index is 3.12. The van der Waals surface area contributed by atoms with Crippen LogP contribution in [0.25, 0.3) is 0 Å². The minimum Gasteiger partial charge on any atom is -0.258 e. The molecule has 1 aromatic heterocycles. The lowest BCUT2D eigenvalue weighted by atomic mass is 10.3. The third-order valence-electron chi connectivity index (χ3n) is 1.45. The van der Waals surface area contributed by atoms with E-state index in [4.69, 9.17) is 0 Å². The van der Waals surface area contributed by atoms with E-state index in [0.717, 1.165) is 5.69 Å². The first-order valence-electron chi connectivity index (χ1n) is 3.32. The van der Waals surface area contributed by atoms with Gasteiger partial charge < -0.3 is 0 Å². The van der Waals surface area contributed by atoms with E-state index < -0.39 is 4.92 Å². The van der Waals surface area contributed by atoms with Crippen LogP contribution in [-0.2, 0) is 5.33 Å². The maximum Gasteiger partial charge on any atom is 0.290 e. The fraction of sp³-hybridized carbons (Fsp3) is 0.286. The van der Waals surface area contributed by atoms with E-state index in [0.29, 0.717) is 11.0 Å². The highest BCUT2D eigenvalue weighted by molar-refractivity contribution is 9.08. The molecule has 0 unspecified atom stereocenters. The normalized spacial score (nSPS) is 9.83. The Bertz CT molecular complexity index is 314. The van der Waals surface area contributed by atoms with Gasteiger partial charge in [-0.15, -0.1) is 0 Å². The summed E-state index contributed by atoms with van der Waals surface area (Å²) in [7, 11) is 0. The number of rotatable bonds is 2. The van der Waals surface area contributed by atoms with Crippen LogP contribution in [0.4, 0.5) is 5.69 Å². The molecule has 12 heavy (non-hydrogen) atoms. The van der Waals surface area contributed by atoms with Crippen LogP contribution in [0.5, 0.6) is 0 Å². The predicted octanol–water partition coefficient (Wildman–Crippen LogP) is 2.19. The van der Waals surface area contributed by atoms with E-state index in [1.807, 2.05) is 0 Å². The zero-order valence-corrected chi connectivity index (χ0v) is 8.04. The summed E-state index contributed by atoms with van der Waals surface area (Å²) in [6.45, 7) is 1.63. The summed E-state index contributed by atoms with van der Waals surface area (Å²) in [6, 6.07) is 3.11. The Morgan fingerprint density at radius 2 is 2.33 bits per heavy atom. The standard InChI is InChI=1S/C7H7BrN2O2/c1-5-7(10(11)12)3-2-6(4-8)9-5/h2-3H,4H2,1H3. The molecule has 1 rings (SSSR count). The number of nitrogens with zero attached hydrogens (tertiary/aromatic N) is 2. The van der Waals surface area contributed by atoms with Crippen molar-refractivity contribution in [2.45, 2.75) is 12.3 Å². The average molecular weight is 231 g/mol. The van der Waals surface area contributed by atoms with Gasteiger partial charge in [-0.25, -0.2) is 0 Å². The third kappa shape index (κ3) is 1.79. The molecule has 0 aliphatic heterocycles. The first-order valence-corrected chi connectivity index (χ1v) is 4.44. The molecular formula is C7H7BrN2O2. The van der Waals surface area contributed by atoms with Gasteiger partial charge in [0.25, 0.3) is 5.69 Å². The summed E-state index contributed by atoms with van der Waals surface area (Å²) in [5, 5.41) is 11.0. The Morgan fingerprint density at radius 3 is 2.75 bits per heavy atom. The second-order valence-corrected chi connectivity index (χ2v) is 2.86. The third-order valence-corrected chi connectivity index (χ3v) is 2.02. The summed E-state index contributed by atoms with van der Waals surface area (Å²) in [4.78, 5) is 14.0. The van der Waals surface area contributed by atoms with Crippen LogP contribution in [0.1, 0.15) is 11.4 Å². The first-order chi connectivity index (χ1) is 5.65. The van der Waals surface area contributed by atoms with Gasteiger partial charge in [-0.2, -0.15) is 0 Å². The second kappa shape index (κ2) is 3.62. The van der Waals surface area contributed by atoms with E-state index in [1.165, 1.54) is 6.07 Å². The SMILES string of the molecule is Cc1nc(CBr)ccc1[N+](=O)[O-]. The fourth-order valence-electron chi connectivity index (χ4n) is 0.873. The molecule has 0 atom stereocenters. The average Bonchev–Trinajstić information content (AvgIpc) is 2.03. The zero-order chi connectivity index (χ0) is 9.14. The molecule has 0 bridgehead atoms. The lowest BCUT2D eigenvalue weighted by Gasteiger charge is -1.97. The van der Waals surface area contributed by atoms with Crippen molar-refractivity contribution in [2.75, 3.05) is 0 Å². The molecule has 4 nitrogen and oxygen atoms in total. The van der Waals surface area contributed by atoms with Crippen molar-refractivity contribution in [1.82, 2.24) is 4.98 Å². The molecule has 0 radical (unpaired) electrons. The maximum atomic E-state index is 10.4. The van der Waals surface area contributed by atoms with Gasteiger partial charge >= 0.3 is 0 Å². The van der Waals surface area contributed by atoms with Crippen LogP contribution in [0, 0.1) is 17.0 Å². The van der Waals surface area contributed by atoms with Crippen molar-refractivity contribution < 1.29 is 4.92 Å². The lowest BCUT2D eigenvalue weighted by Crippen LogP contribution is -1.96. The van der Waals surface area contributed by atoms with Gasteiger partial charge in [0.2, 0.25) is 0 Å². The van der Waals surface area contributed by atoms with Crippen molar-refractivity contribution >= 4 is 21.6 Å². The minimum absolute atomic E-state index is 0.0692. The van der Waals surface area contributed by atoms with Crippen LogP contribution in [0.2, 0.25) is 0 Å². The monoisotopic (exact) mass is 230 g/mol. The Labute approximate surface area is 77.9 Å². The summed E-state index contributed by atoms with van der Waals surface area (Å²) >= 11 is 3.22. The summed E-state index contributed by atoms with van der Waals surface area (Å²) < 4.78 is 0. The molecule has 1 heterocycles. The van der Waals surface area contributed by atoms with Gasteiger partial charge in [0, 0.05) is 11.4 Å². The Morgan fingerprint density at radius 1 is 1.67 bits per heavy atom. The van der Waals surface area contributed by atoms with E-state index in [1.54, 1.807) is 13.0 Å². The van der Waals surface area contributed by atoms with Gasteiger partial charge in [-0.3, -0.25) is 15.1 Å². The molecule has 0 fully saturated rings. The number of nitro groups is 1. The highest BCUT2D eigenvalue weighted by atomic mass is 79.9. The molecule has 0 aliphatic carbocycles. The summed E-state index contributed by atoms with van der Waals surface area (Å²) in [5.41, 5.74) is 1.33. The van der Waals surface area contributed by atoms with Crippen molar-refractivity contribution in [3.63, 3.8) is 0 Å². The number of halogens is 1. The Kier molecular flexibility index (Phi) is 2.75. The molecule has 0 saturated heterocycles. The van der Waals surface area contributed by atoms with Gasteiger partial charge in [-0.05, 0) is 13.0 Å².